The van der Waals surface area contributed by atoms with Gasteiger partial charge in [0.05, 0.1) is 5.56 Å². The molecule has 0 aliphatic rings. The van der Waals surface area contributed by atoms with Gasteiger partial charge in [-0.1, -0.05) is 0 Å². The number of carboxylic acids is 1. The molecule has 0 unspecified atom stereocenters. The van der Waals surface area contributed by atoms with Gasteiger partial charge in [-0.3, -0.25) is 0 Å². The van der Waals surface area contributed by atoms with Crippen LogP contribution in [0.25, 0.3) is 22.8 Å². The monoisotopic (exact) mass is 307 g/mol. The molecule has 6 heteroatoms. The van der Waals surface area contributed by atoms with Gasteiger partial charge in [-0.2, -0.15) is 0 Å². The Hall–Kier alpha value is -2.08. The van der Waals surface area contributed by atoms with E-state index in [9.17, 15) is 4.79 Å². The predicted octanol–water partition coefficient (Wildman–Crippen LogP) is 3.55. The number of carboxylic acid groups (broad SMARTS) is 1. The molecular weight excluding hydrogens is 302 g/mol. The summed E-state index contributed by atoms with van der Waals surface area (Å²) in [7, 11) is 0. The lowest BCUT2D eigenvalue weighted by atomic mass is 10.2. The van der Waals surface area contributed by atoms with Crippen LogP contribution in [0.15, 0.2) is 43.8 Å². The molecule has 0 amide bonds. The first-order valence-corrected chi connectivity index (χ1v) is 5.82. The number of halogens is 1. The second-order valence-electron chi connectivity index (χ2n) is 3.61. The number of hydrogen-bond donors (Lipinski definition) is 1. The fraction of sp³-hybridized carbons (Fsp3) is 0. The van der Waals surface area contributed by atoms with E-state index < -0.39 is 5.97 Å². The van der Waals surface area contributed by atoms with Gasteiger partial charge in [0.15, 0.2) is 16.0 Å². The summed E-state index contributed by atoms with van der Waals surface area (Å²) in [6, 6.07) is 7.95. The van der Waals surface area contributed by atoms with Crippen LogP contribution >= 0.6 is 15.9 Å². The summed E-state index contributed by atoms with van der Waals surface area (Å²) in [5.41, 5.74) is 1.17. The van der Waals surface area contributed by atoms with Crippen molar-refractivity contribution in [2.75, 3.05) is 0 Å². The van der Waals surface area contributed by atoms with E-state index >= 15 is 0 Å². The summed E-state index contributed by atoms with van der Waals surface area (Å²) in [5, 5.41) is 8.89. The zero-order valence-electron chi connectivity index (χ0n) is 8.88. The topological polar surface area (TPSA) is 76.5 Å². The third kappa shape index (κ3) is 1.80. The molecule has 0 saturated heterocycles. The van der Waals surface area contributed by atoms with E-state index in [2.05, 4.69) is 20.9 Å². The number of carbonyl (C=O) groups is 1. The Balaban J connectivity index is 2.13. The Labute approximate surface area is 109 Å². The van der Waals surface area contributed by atoms with E-state index in [1.54, 1.807) is 18.2 Å². The maximum absolute atomic E-state index is 10.8. The third-order valence-electron chi connectivity index (χ3n) is 2.42. The maximum Gasteiger partial charge on any atom is 0.335 e. The minimum atomic E-state index is -0.998. The van der Waals surface area contributed by atoms with Gasteiger partial charge >= 0.3 is 5.97 Å². The third-order valence-corrected chi connectivity index (χ3v) is 2.84. The lowest BCUT2D eigenvalue weighted by molar-refractivity contribution is 0.0697. The molecule has 0 aliphatic carbocycles. The van der Waals surface area contributed by atoms with Gasteiger partial charge in [0.2, 0.25) is 0 Å². The molecule has 0 bridgehead atoms. The molecule has 0 saturated carbocycles. The Morgan fingerprint density at radius 3 is 2.72 bits per heavy atom. The molecule has 2 heterocycles. The molecular formula is C12H6BrNO4. The summed E-state index contributed by atoms with van der Waals surface area (Å²) in [6.07, 6.45) is 0. The molecule has 0 radical (unpaired) electrons. The number of nitrogens with zero attached hydrogens (tertiary/aromatic N) is 1. The first-order chi connectivity index (χ1) is 8.63. The van der Waals surface area contributed by atoms with Crippen LogP contribution in [-0.4, -0.2) is 16.1 Å². The number of furan rings is 1. The second-order valence-corrected chi connectivity index (χ2v) is 4.39. The molecule has 2 aromatic heterocycles. The van der Waals surface area contributed by atoms with Crippen LogP contribution in [0.1, 0.15) is 10.4 Å². The maximum atomic E-state index is 10.8. The van der Waals surface area contributed by atoms with Crippen molar-refractivity contribution in [3.8, 4) is 11.7 Å². The Kier molecular flexibility index (Phi) is 2.45. The largest absolute Gasteiger partial charge is 0.478 e. The second kappa shape index (κ2) is 3.99. The van der Waals surface area contributed by atoms with Crippen molar-refractivity contribution in [2.45, 2.75) is 0 Å². The van der Waals surface area contributed by atoms with Crippen molar-refractivity contribution in [3.05, 3.63) is 40.6 Å². The van der Waals surface area contributed by atoms with E-state index in [1.165, 1.54) is 12.1 Å². The van der Waals surface area contributed by atoms with Gasteiger partial charge in [0.25, 0.3) is 5.89 Å². The van der Waals surface area contributed by atoms with E-state index in [0.29, 0.717) is 27.4 Å². The number of oxazole rings is 1. The lowest BCUT2D eigenvalue weighted by Gasteiger charge is -1.91. The number of hydrogen-bond acceptors (Lipinski definition) is 4. The number of rotatable bonds is 2. The molecule has 0 fully saturated rings. The van der Waals surface area contributed by atoms with Crippen LogP contribution in [0, 0.1) is 0 Å². The first kappa shape index (κ1) is 11.0. The fourth-order valence-electron chi connectivity index (χ4n) is 1.60. The molecule has 3 aromatic rings. The molecule has 5 nitrogen and oxygen atoms in total. The SMILES string of the molecule is O=C(O)c1ccc2oc(-c3ccc(Br)o3)nc2c1. The van der Waals surface area contributed by atoms with E-state index in [1.807, 2.05) is 0 Å². The van der Waals surface area contributed by atoms with Gasteiger partial charge in [-0.15, -0.1) is 0 Å². The normalized spacial score (nSPS) is 10.9. The van der Waals surface area contributed by atoms with Crippen LogP contribution in [0.5, 0.6) is 0 Å². The van der Waals surface area contributed by atoms with Crippen LogP contribution in [-0.2, 0) is 0 Å². The van der Waals surface area contributed by atoms with Gasteiger partial charge in [0.1, 0.15) is 5.52 Å². The summed E-state index contributed by atoms with van der Waals surface area (Å²) < 4.78 is 11.4. The molecule has 0 aliphatic heterocycles. The molecule has 18 heavy (non-hydrogen) atoms. The van der Waals surface area contributed by atoms with Crippen molar-refractivity contribution in [3.63, 3.8) is 0 Å². The minimum Gasteiger partial charge on any atom is -0.478 e. The Morgan fingerprint density at radius 1 is 1.22 bits per heavy atom. The predicted molar refractivity (Wildman–Crippen MR) is 66.4 cm³/mol. The molecule has 90 valence electrons. The number of benzene rings is 1. The summed E-state index contributed by atoms with van der Waals surface area (Å²) >= 11 is 3.19. The highest BCUT2D eigenvalue weighted by molar-refractivity contribution is 9.10. The quantitative estimate of drug-likeness (QED) is 0.783. The average Bonchev–Trinajstić information content (AvgIpc) is 2.93. The highest BCUT2D eigenvalue weighted by Crippen LogP contribution is 2.28. The molecule has 1 N–H and O–H groups in total. The van der Waals surface area contributed by atoms with E-state index in [-0.39, 0.29) is 5.56 Å². The van der Waals surface area contributed by atoms with Crippen molar-refractivity contribution >= 4 is 33.0 Å². The van der Waals surface area contributed by atoms with Crippen molar-refractivity contribution in [2.24, 2.45) is 0 Å². The van der Waals surface area contributed by atoms with Crippen LogP contribution in [0.4, 0.5) is 0 Å². The zero-order chi connectivity index (χ0) is 12.7. The number of fused-ring (bicyclic) bond motifs is 1. The number of aromatic carboxylic acids is 1. The lowest BCUT2D eigenvalue weighted by Crippen LogP contribution is -1.94. The van der Waals surface area contributed by atoms with Crippen LogP contribution < -0.4 is 0 Å². The first-order valence-electron chi connectivity index (χ1n) is 5.03. The zero-order valence-corrected chi connectivity index (χ0v) is 10.5. The summed E-state index contributed by atoms with van der Waals surface area (Å²) in [5.74, 6) is -0.199. The average molecular weight is 308 g/mol. The number of aromatic nitrogens is 1. The van der Waals surface area contributed by atoms with Crippen LogP contribution in [0.2, 0.25) is 0 Å². The molecule has 0 spiro atoms. The molecule has 0 atom stereocenters. The van der Waals surface area contributed by atoms with Gasteiger partial charge < -0.3 is 13.9 Å². The fourth-order valence-corrected chi connectivity index (χ4v) is 1.90. The van der Waals surface area contributed by atoms with Crippen molar-refractivity contribution < 1.29 is 18.7 Å². The minimum absolute atomic E-state index is 0.169. The smallest absolute Gasteiger partial charge is 0.335 e. The Bertz CT molecular complexity index is 743. The van der Waals surface area contributed by atoms with Crippen molar-refractivity contribution in [1.82, 2.24) is 4.98 Å². The standard InChI is InChI=1S/C12H6BrNO4/c13-10-4-3-9(17-10)11-14-7-5-6(12(15)16)1-2-8(7)18-11/h1-5H,(H,15,16). The summed E-state index contributed by atoms with van der Waals surface area (Å²) in [4.78, 5) is 15.0. The van der Waals surface area contributed by atoms with E-state index in [4.69, 9.17) is 13.9 Å². The molecule has 1 aromatic carbocycles. The van der Waals surface area contributed by atoms with Crippen LogP contribution in [0.3, 0.4) is 0 Å². The molecule has 3 rings (SSSR count). The Morgan fingerprint density at radius 2 is 2.06 bits per heavy atom. The summed E-state index contributed by atoms with van der Waals surface area (Å²) in [6.45, 7) is 0. The van der Waals surface area contributed by atoms with E-state index in [0.717, 1.165) is 0 Å². The highest BCUT2D eigenvalue weighted by atomic mass is 79.9. The highest BCUT2D eigenvalue weighted by Gasteiger charge is 2.13. The van der Waals surface area contributed by atoms with Gasteiger partial charge in [-0.25, -0.2) is 9.78 Å². The van der Waals surface area contributed by atoms with Gasteiger partial charge in [0, 0.05) is 0 Å². The van der Waals surface area contributed by atoms with Crippen molar-refractivity contribution in [1.29, 1.82) is 0 Å². The van der Waals surface area contributed by atoms with Gasteiger partial charge in [-0.05, 0) is 46.3 Å².